The summed E-state index contributed by atoms with van der Waals surface area (Å²) in [6.07, 6.45) is 0.606. The van der Waals surface area contributed by atoms with Gasteiger partial charge in [0.05, 0.1) is 33.1 Å². The van der Waals surface area contributed by atoms with Crippen LogP contribution in [0.2, 0.25) is 0 Å². The van der Waals surface area contributed by atoms with Crippen LogP contribution in [0.25, 0.3) is 0 Å². The van der Waals surface area contributed by atoms with E-state index in [1.54, 1.807) is 21.3 Å². The van der Waals surface area contributed by atoms with Crippen LogP contribution in [-0.4, -0.2) is 38.0 Å². The van der Waals surface area contributed by atoms with Crippen molar-refractivity contribution in [1.82, 2.24) is 5.01 Å². The molecule has 0 saturated heterocycles. The zero-order valence-corrected chi connectivity index (χ0v) is 15.4. The second kappa shape index (κ2) is 7.47. The summed E-state index contributed by atoms with van der Waals surface area (Å²) in [5.74, 6) is 2.04. The first kappa shape index (κ1) is 17.8. The number of hydrogen-bond acceptors (Lipinski definition) is 5. The molecule has 0 aliphatic carbocycles. The number of hydrazone groups is 1. The third-order valence-corrected chi connectivity index (χ3v) is 4.46. The first-order valence-electron chi connectivity index (χ1n) is 8.31. The van der Waals surface area contributed by atoms with E-state index in [0.29, 0.717) is 17.9 Å². The Morgan fingerprint density at radius 2 is 1.65 bits per heavy atom. The van der Waals surface area contributed by atoms with Crippen molar-refractivity contribution < 1.29 is 19.0 Å². The zero-order chi connectivity index (χ0) is 18.7. The van der Waals surface area contributed by atoms with Crippen LogP contribution in [0.4, 0.5) is 0 Å². The van der Waals surface area contributed by atoms with Crippen molar-refractivity contribution >= 4 is 11.6 Å². The molecule has 1 aliphatic rings. The van der Waals surface area contributed by atoms with Gasteiger partial charge in [0.25, 0.3) is 0 Å². The molecule has 2 aromatic carbocycles. The Morgan fingerprint density at radius 3 is 2.23 bits per heavy atom. The summed E-state index contributed by atoms with van der Waals surface area (Å²) in [5.41, 5.74) is 2.72. The van der Waals surface area contributed by atoms with Gasteiger partial charge in [-0.25, -0.2) is 5.01 Å². The van der Waals surface area contributed by atoms with Gasteiger partial charge in [0, 0.05) is 25.0 Å². The number of amides is 1. The quantitative estimate of drug-likeness (QED) is 0.826. The molecule has 0 N–H and O–H groups in total. The molecule has 1 aliphatic heterocycles. The molecule has 1 heterocycles. The summed E-state index contributed by atoms with van der Waals surface area (Å²) in [7, 11) is 4.85. The highest BCUT2D eigenvalue weighted by atomic mass is 16.5. The standard InChI is InChI=1S/C20H22N2O4/c1-13(23)22-19(17-10-9-16(25-3)11-20(17)26-4)12-18(21-22)14-5-7-15(24-2)8-6-14/h5-11,19H,12H2,1-4H3/t19-/m1/s1. The third kappa shape index (κ3) is 3.35. The number of rotatable bonds is 5. The van der Waals surface area contributed by atoms with Crippen molar-refractivity contribution in [2.45, 2.75) is 19.4 Å². The number of carbonyl (C=O) groups excluding carboxylic acids is 1. The predicted molar refractivity (Wildman–Crippen MR) is 99.0 cm³/mol. The lowest BCUT2D eigenvalue weighted by molar-refractivity contribution is -0.130. The maximum atomic E-state index is 12.2. The van der Waals surface area contributed by atoms with E-state index in [1.165, 1.54) is 11.9 Å². The van der Waals surface area contributed by atoms with Crippen LogP contribution in [0.3, 0.4) is 0 Å². The van der Waals surface area contributed by atoms with Crippen molar-refractivity contribution in [3.63, 3.8) is 0 Å². The van der Waals surface area contributed by atoms with Crippen molar-refractivity contribution in [2.24, 2.45) is 5.10 Å². The molecule has 0 unspecified atom stereocenters. The molecule has 3 rings (SSSR count). The van der Waals surface area contributed by atoms with Gasteiger partial charge < -0.3 is 14.2 Å². The topological polar surface area (TPSA) is 60.4 Å². The minimum atomic E-state index is -0.217. The van der Waals surface area contributed by atoms with Crippen molar-refractivity contribution in [3.05, 3.63) is 53.6 Å². The van der Waals surface area contributed by atoms with E-state index in [1.807, 2.05) is 42.5 Å². The molecule has 1 amide bonds. The number of methoxy groups -OCH3 is 3. The smallest absolute Gasteiger partial charge is 0.240 e. The number of hydrogen-bond donors (Lipinski definition) is 0. The monoisotopic (exact) mass is 354 g/mol. The molecule has 0 aromatic heterocycles. The molecule has 136 valence electrons. The summed E-state index contributed by atoms with van der Waals surface area (Å²) < 4.78 is 16.0. The SMILES string of the molecule is COc1ccc(C2=NN(C(C)=O)[C@@H](c3ccc(OC)cc3OC)C2)cc1. The first-order chi connectivity index (χ1) is 12.6. The normalized spacial score (nSPS) is 16.2. The van der Waals surface area contributed by atoms with Gasteiger partial charge in [-0.2, -0.15) is 5.10 Å². The van der Waals surface area contributed by atoms with E-state index in [0.717, 1.165) is 22.6 Å². The van der Waals surface area contributed by atoms with Crippen LogP contribution in [0.15, 0.2) is 47.6 Å². The van der Waals surface area contributed by atoms with Crippen LogP contribution in [-0.2, 0) is 4.79 Å². The third-order valence-electron chi connectivity index (χ3n) is 4.46. The van der Waals surface area contributed by atoms with E-state index >= 15 is 0 Å². The van der Waals surface area contributed by atoms with Crippen LogP contribution < -0.4 is 14.2 Å². The second-order valence-electron chi connectivity index (χ2n) is 5.97. The van der Waals surface area contributed by atoms with Crippen LogP contribution in [0.5, 0.6) is 17.2 Å². The zero-order valence-electron chi connectivity index (χ0n) is 15.4. The average molecular weight is 354 g/mol. The van der Waals surface area contributed by atoms with E-state index in [4.69, 9.17) is 14.2 Å². The lowest BCUT2D eigenvalue weighted by Crippen LogP contribution is -2.24. The minimum Gasteiger partial charge on any atom is -0.497 e. The fourth-order valence-electron chi connectivity index (χ4n) is 3.09. The number of ether oxygens (including phenoxy) is 3. The van der Waals surface area contributed by atoms with Crippen LogP contribution in [0.1, 0.15) is 30.5 Å². The Balaban J connectivity index is 1.95. The van der Waals surface area contributed by atoms with Crippen molar-refractivity contribution in [3.8, 4) is 17.2 Å². The fourth-order valence-corrected chi connectivity index (χ4v) is 3.09. The molecule has 0 saturated carbocycles. The Kier molecular flexibility index (Phi) is 5.11. The molecule has 0 bridgehead atoms. The first-order valence-corrected chi connectivity index (χ1v) is 8.31. The van der Waals surface area contributed by atoms with E-state index < -0.39 is 0 Å². The van der Waals surface area contributed by atoms with Gasteiger partial charge in [0.2, 0.25) is 5.91 Å². The lowest BCUT2D eigenvalue weighted by Gasteiger charge is -2.22. The highest BCUT2D eigenvalue weighted by Gasteiger charge is 2.33. The number of nitrogens with zero attached hydrogens (tertiary/aromatic N) is 2. The molecule has 6 heteroatoms. The van der Waals surface area contributed by atoms with Gasteiger partial charge in [-0.05, 0) is 42.0 Å². The maximum Gasteiger partial charge on any atom is 0.240 e. The summed E-state index contributed by atoms with van der Waals surface area (Å²) in [6.45, 7) is 1.52. The van der Waals surface area contributed by atoms with Gasteiger partial charge in [-0.15, -0.1) is 0 Å². The summed E-state index contributed by atoms with van der Waals surface area (Å²) in [5, 5.41) is 6.08. The van der Waals surface area contributed by atoms with E-state index in [9.17, 15) is 4.79 Å². The Hall–Kier alpha value is -3.02. The summed E-state index contributed by atoms with van der Waals surface area (Å²) >= 11 is 0. The van der Waals surface area contributed by atoms with Gasteiger partial charge in [0.1, 0.15) is 17.2 Å². The Labute approximate surface area is 153 Å². The highest BCUT2D eigenvalue weighted by Crippen LogP contribution is 2.39. The van der Waals surface area contributed by atoms with Crippen molar-refractivity contribution in [2.75, 3.05) is 21.3 Å². The van der Waals surface area contributed by atoms with Crippen molar-refractivity contribution in [1.29, 1.82) is 0 Å². The summed E-state index contributed by atoms with van der Waals surface area (Å²) in [4.78, 5) is 12.2. The Bertz CT molecular complexity index is 830. The molecule has 2 aromatic rings. The molecular formula is C20H22N2O4. The van der Waals surface area contributed by atoms with E-state index in [-0.39, 0.29) is 11.9 Å². The van der Waals surface area contributed by atoms with Gasteiger partial charge >= 0.3 is 0 Å². The lowest BCUT2D eigenvalue weighted by atomic mass is 9.97. The Morgan fingerprint density at radius 1 is 1.00 bits per heavy atom. The van der Waals surface area contributed by atoms with Crippen LogP contribution >= 0.6 is 0 Å². The predicted octanol–water partition coefficient (Wildman–Crippen LogP) is 3.41. The van der Waals surface area contributed by atoms with Gasteiger partial charge in [0.15, 0.2) is 0 Å². The molecule has 26 heavy (non-hydrogen) atoms. The number of benzene rings is 2. The molecular weight excluding hydrogens is 332 g/mol. The fraction of sp³-hybridized carbons (Fsp3) is 0.300. The van der Waals surface area contributed by atoms with Gasteiger partial charge in [-0.3, -0.25) is 4.79 Å². The molecule has 0 radical (unpaired) electrons. The largest absolute Gasteiger partial charge is 0.497 e. The van der Waals surface area contributed by atoms with Gasteiger partial charge in [-0.1, -0.05) is 0 Å². The average Bonchev–Trinajstić information content (AvgIpc) is 3.13. The molecule has 0 fully saturated rings. The molecule has 0 spiro atoms. The van der Waals surface area contributed by atoms with Crippen LogP contribution in [0, 0.1) is 0 Å². The van der Waals surface area contributed by atoms with E-state index in [2.05, 4.69) is 5.10 Å². The summed E-state index contributed by atoms with van der Waals surface area (Å²) in [6, 6.07) is 13.1. The second-order valence-corrected chi connectivity index (χ2v) is 5.97. The minimum absolute atomic E-state index is 0.114. The molecule has 6 nitrogen and oxygen atoms in total. The number of carbonyl (C=O) groups is 1. The molecule has 1 atom stereocenters. The maximum absolute atomic E-state index is 12.2. The highest BCUT2D eigenvalue weighted by molar-refractivity contribution is 6.03.